The van der Waals surface area contributed by atoms with Crippen molar-refractivity contribution in [3.63, 3.8) is 0 Å². The highest BCUT2D eigenvalue weighted by Crippen LogP contribution is 2.36. The van der Waals surface area contributed by atoms with Crippen LogP contribution in [-0.2, 0) is 0 Å². The summed E-state index contributed by atoms with van der Waals surface area (Å²) in [5.41, 5.74) is 2.04. The van der Waals surface area contributed by atoms with Crippen LogP contribution in [0, 0.1) is 0 Å². The molecule has 0 radical (unpaired) electrons. The molecule has 2 aromatic carbocycles. The summed E-state index contributed by atoms with van der Waals surface area (Å²) in [6, 6.07) is 18.0. The van der Waals surface area contributed by atoms with Crippen LogP contribution < -0.4 is 14.8 Å². The molecule has 138 valence electrons. The number of carbonyl (C=O) groups is 1. The first-order valence-electron chi connectivity index (χ1n) is 8.32. The molecule has 27 heavy (non-hydrogen) atoms. The van der Waals surface area contributed by atoms with Crippen LogP contribution in [-0.4, -0.2) is 25.1 Å². The molecule has 1 atom stereocenters. The van der Waals surface area contributed by atoms with Crippen LogP contribution in [0.3, 0.4) is 0 Å². The van der Waals surface area contributed by atoms with Gasteiger partial charge in [-0.2, -0.15) is 0 Å². The Bertz CT molecular complexity index is 878. The molecule has 0 aliphatic heterocycles. The summed E-state index contributed by atoms with van der Waals surface area (Å²) >= 11 is 6.23. The van der Waals surface area contributed by atoms with Gasteiger partial charge in [-0.25, -0.2) is 0 Å². The average molecular weight is 383 g/mol. The van der Waals surface area contributed by atoms with E-state index in [0.29, 0.717) is 22.1 Å². The van der Waals surface area contributed by atoms with Gasteiger partial charge in [0.1, 0.15) is 0 Å². The summed E-state index contributed by atoms with van der Waals surface area (Å²) in [5, 5.41) is 3.33. The fourth-order valence-corrected chi connectivity index (χ4v) is 3.07. The molecule has 0 bridgehead atoms. The van der Waals surface area contributed by atoms with Gasteiger partial charge in [0.2, 0.25) is 0 Å². The molecule has 1 aromatic heterocycles. The van der Waals surface area contributed by atoms with E-state index in [1.54, 1.807) is 18.3 Å². The van der Waals surface area contributed by atoms with Crippen LogP contribution >= 0.6 is 11.6 Å². The van der Waals surface area contributed by atoms with Crippen LogP contribution in [0.25, 0.3) is 0 Å². The first kappa shape index (κ1) is 18.7. The third-order valence-corrected chi connectivity index (χ3v) is 4.37. The fourth-order valence-electron chi connectivity index (χ4n) is 2.78. The van der Waals surface area contributed by atoms with Gasteiger partial charge in [-0.15, -0.1) is 0 Å². The quantitative estimate of drug-likeness (QED) is 0.691. The number of rotatable bonds is 6. The lowest BCUT2D eigenvalue weighted by Crippen LogP contribution is -2.30. The monoisotopic (exact) mass is 382 g/mol. The molecular weight excluding hydrogens is 364 g/mol. The van der Waals surface area contributed by atoms with Crippen LogP contribution in [0.4, 0.5) is 0 Å². The van der Waals surface area contributed by atoms with Crippen molar-refractivity contribution in [2.75, 3.05) is 14.2 Å². The number of nitrogens with one attached hydrogen (secondary N) is 1. The Hall–Kier alpha value is -3.05. The third-order valence-electron chi connectivity index (χ3n) is 4.09. The smallest absolute Gasteiger partial charge is 0.252 e. The van der Waals surface area contributed by atoms with Crippen LogP contribution in [0.1, 0.15) is 27.7 Å². The van der Waals surface area contributed by atoms with E-state index in [1.807, 2.05) is 48.5 Å². The lowest BCUT2D eigenvalue weighted by Gasteiger charge is -2.19. The van der Waals surface area contributed by atoms with Crippen molar-refractivity contribution in [3.8, 4) is 11.5 Å². The van der Waals surface area contributed by atoms with Gasteiger partial charge in [0.15, 0.2) is 11.5 Å². The highest BCUT2D eigenvalue weighted by Gasteiger charge is 2.21. The van der Waals surface area contributed by atoms with Crippen molar-refractivity contribution in [2.24, 2.45) is 0 Å². The molecule has 3 rings (SSSR count). The molecule has 0 saturated heterocycles. The van der Waals surface area contributed by atoms with Gasteiger partial charge in [-0.3, -0.25) is 9.78 Å². The number of amides is 1. The van der Waals surface area contributed by atoms with Crippen molar-refractivity contribution in [1.82, 2.24) is 10.3 Å². The number of carbonyl (C=O) groups excluding carboxylic acids is 1. The molecule has 0 aliphatic rings. The van der Waals surface area contributed by atoms with Crippen LogP contribution in [0.5, 0.6) is 11.5 Å². The van der Waals surface area contributed by atoms with Crippen LogP contribution in [0.2, 0.25) is 5.02 Å². The van der Waals surface area contributed by atoms with E-state index >= 15 is 0 Å². The van der Waals surface area contributed by atoms with Gasteiger partial charge in [-0.05, 0) is 29.8 Å². The molecule has 5 nitrogen and oxygen atoms in total. The Labute approximate surface area is 162 Å². The number of benzene rings is 2. The van der Waals surface area contributed by atoms with E-state index in [1.165, 1.54) is 14.2 Å². The summed E-state index contributed by atoms with van der Waals surface area (Å²) in [6.07, 6.45) is 1.70. The van der Waals surface area contributed by atoms with E-state index < -0.39 is 6.04 Å². The fraction of sp³-hybridized carbons (Fsp3) is 0.143. The summed E-state index contributed by atoms with van der Waals surface area (Å²) < 4.78 is 10.5. The van der Waals surface area contributed by atoms with E-state index in [4.69, 9.17) is 21.1 Å². The van der Waals surface area contributed by atoms with E-state index in [2.05, 4.69) is 10.3 Å². The summed E-state index contributed by atoms with van der Waals surface area (Å²) in [4.78, 5) is 17.3. The topological polar surface area (TPSA) is 60.5 Å². The maximum absolute atomic E-state index is 12.9. The zero-order valence-corrected chi connectivity index (χ0v) is 15.7. The minimum absolute atomic E-state index is 0.294. The van der Waals surface area contributed by atoms with Crippen LogP contribution in [0.15, 0.2) is 66.9 Å². The third kappa shape index (κ3) is 4.20. The van der Waals surface area contributed by atoms with E-state index in [-0.39, 0.29) is 5.91 Å². The maximum atomic E-state index is 12.9. The molecule has 0 saturated carbocycles. The Morgan fingerprint density at radius 1 is 1.04 bits per heavy atom. The highest BCUT2D eigenvalue weighted by molar-refractivity contribution is 6.32. The normalized spacial score (nSPS) is 11.5. The molecule has 3 aromatic rings. The number of hydrogen-bond donors (Lipinski definition) is 1. The van der Waals surface area contributed by atoms with Gasteiger partial charge in [0, 0.05) is 11.8 Å². The van der Waals surface area contributed by atoms with Gasteiger partial charge in [0.25, 0.3) is 5.91 Å². The Morgan fingerprint density at radius 2 is 1.78 bits per heavy atom. The SMILES string of the molecule is COc1cc(C(=O)N[C@H](c2ccccc2)c2ccccn2)cc(Cl)c1OC. The van der Waals surface area contributed by atoms with Gasteiger partial charge < -0.3 is 14.8 Å². The Balaban J connectivity index is 1.95. The second-order valence-electron chi connectivity index (χ2n) is 5.77. The van der Waals surface area contributed by atoms with Crippen molar-refractivity contribution in [3.05, 3.63) is 88.7 Å². The van der Waals surface area contributed by atoms with Gasteiger partial charge in [0.05, 0.1) is 31.0 Å². The first-order chi connectivity index (χ1) is 13.1. The summed E-state index contributed by atoms with van der Waals surface area (Å²) in [5.74, 6) is 0.488. The van der Waals surface area contributed by atoms with E-state index in [9.17, 15) is 4.79 Å². The lowest BCUT2D eigenvalue weighted by molar-refractivity contribution is 0.0942. The predicted octanol–water partition coefficient (Wildman–Crippen LogP) is 4.27. The molecule has 0 fully saturated rings. The zero-order valence-electron chi connectivity index (χ0n) is 15.0. The average Bonchev–Trinajstić information content (AvgIpc) is 2.72. The highest BCUT2D eigenvalue weighted by atomic mass is 35.5. The summed E-state index contributed by atoms with van der Waals surface area (Å²) in [6.45, 7) is 0. The number of nitrogens with zero attached hydrogens (tertiary/aromatic N) is 1. The number of aromatic nitrogens is 1. The largest absolute Gasteiger partial charge is 0.493 e. The molecule has 6 heteroatoms. The minimum atomic E-state index is -0.397. The van der Waals surface area contributed by atoms with E-state index in [0.717, 1.165) is 11.3 Å². The molecule has 0 aliphatic carbocycles. The molecule has 0 spiro atoms. The second-order valence-corrected chi connectivity index (χ2v) is 6.17. The molecular formula is C21H19ClN2O3. The zero-order chi connectivity index (χ0) is 19.2. The Morgan fingerprint density at radius 3 is 2.41 bits per heavy atom. The molecule has 1 heterocycles. The van der Waals surface area contributed by atoms with Crippen molar-refractivity contribution >= 4 is 17.5 Å². The minimum Gasteiger partial charge on any atom is -0.493 e. The second kappa shape index (κ2) is 8.56. The number of pyridine rings is 1. The lowest BCUT2D eigenvalue weighted by atomic mass is 10.0. The molecule has 0 unspecified atom stereocenters. The molecule has 1 amide bonds. The van der Waals surface area contributed by atoms with Crippen molar-refractivity contribution < 1.29 is 14.3 Å². The first-order valence-corrected chi connectivity index (χ1v) is 8.70. The molecule has 1 N–H and O–H groups in total. The standard InChI is InChI=1S/C21H19ClN2O3/c1-26-18-13-15(12-16(22)20(18)27-2)21(25)24-19(14-8-4-3-5-9-14)17-10-6-7-11-23-17/h3-13,19H,1-2H3,(H,24,25)/t19-/m1/s1. The van der Waals surface area contributed by atoms with Crippen molar-refractivity contribution in [2.45, 2.75) is 6.04 Å². The van der Waals surface area contributed by atoms with Crippen molar-refractivity contribution in [1.29, 1.82) is 0 Å². The summed E-state index contributed by atoms with van der Waals surface area (Å²) in [7, 11) is 2.99. The predicted molar refractivity (Wildman–Crippen MR) is 105 cm³/mol. The Kier molecular flexibility index (Phi) is 5.94. The maximum Gasteiger partial charge on any atom is 0.252 e. The van der Waals surface area contributed by atoms with Gasteiger partial charge in [-0.1, -0.05) is 48.0 Å². The number of halogens is 1. The number of methoxy groups -OCH3 is 2. The number of hydrogen-bond acceptors (Lipinski definition) is 4. The van der Waals surface area contributed by atoms with Gasteiger partial charge >= 0.3 is 0 Å². The number of ether oxygens (including phenoxy) is 2.